The van der Waals surface area contributed by atoms with Gasteiger partial charge in [0.1, 0.15) is 0 Å². The van der Waals surface area contributed by atoms with Gasteiger partial charge >= 0.3 is 0 Å². The first-order valence-corrected chi connectivity index (χ1v) is 4.79. The number of hydrogen-bond donors (Lipinski definition) is 1. The lowest BCUT2D eigenvalue weighted by atomic mass is 9.85. The Morgan fingerprint density at radius 3 is 1.91 bits per heavy atom. The first kappa shape index (κ1) is 9.05. The van der Waals surface area contributed by atoms with Crippen molar-refractivity contribution in [3.8, 4) is 0 Å². The van der Waals surface area contributed by atoms with Gasteiger partial charge in [-0.2, -0.15) is 0 Å². The fourth-order valence-corrected chi connectivity index (χ4v) is 2.40. The molecule has 0 aliphatic heterocycles. The maximum Gasteiger partial charge on any atom is 0.00700 e. The van der Waals surface area contributed by atoms with Crippen molar-refractivity contribution < 1.29 is 0 Å². The molecule has 1 heteroatoms. The van der Waals surface area contributed by atoms with Gasteiger partial charge in [-0.15, -0.1) is 0 Å². The van der Waals surface area contributed by atoms with E-state index >= 15 is 0 Å². The molecule has 0 amide bonds. The van der Waals surface area contributed by atoms with Crippen molar-refractivity contribution in [2.24, 2.45) is 29.4 Å². The van der Waals surface area contributed by atoms with Crippen molar-refractivity contribution in [2.75, 3.05) is 0 Å². The molecule has 11 heavy (non-hydrogen) atoms. The molecule has 1 rings (SSSR count). The van der Waals surface area contributed by atoms with Crippen LogP contribution in [0.2, 0.25) is 0 Å². The summed E-state index contributed by atoms with van der Waals surface area (Å²) in [4.78, 5) is 0. The number of nitrogens with two attached hydrogens (primary N) is 1. The largest absolute Gasteiger partial charge is 0.327 e. The first-order valence-electron chi connectivity index (χ1n) is 4.79. The summed E-state index contributed by atoms with van der Waals surface area (Å²) in [6.45, 7) is 9.26. The average Bonchev–Trinajstić information content (AvgIpc) is 2.17. The van der Waals surface area contributed by atoms with Gasteiger partial charge in [-0.3, -0.25) is 0 Å². The molecule has 1 saturated carbocycles. The minimum Gasteiger partial charge on any atom is -0.327 e. The number of hydrogen-bond acceptors (Lipinski definition) is 1. The Kier molecular flexibility index (Phi) is 2.58. The van der Waals surface area contributed by atoms with E-state index in [1.807, 2.05) is 0 Å². The van der Waals surface area contributed by atoms with Crippen molar-refractivity contribution in [1.82, 2.24) is 0 Å². The molecular weight excluding hydrogens is 134 g/mol. The van der Waals surface area contributed by atoms with E-state index in [-0.39, 0.29) is 0 Å². The Balaban J connectivity index is 2.59. The molecular formula is C10H21N. The quantitative estimate of drug-likeness (QED) is 0.617. The fourth-order valence-electron chi connectivity index (χ4n) is 2.40. The molecule has 0 aromatic carbocycles. The minimum absolute atomic E-state index is 0.456. The minimum atomic E-state index is 0.456. The zero-order valence-corrected chi connectivity index (χ0v) is 8.17. The standard InChI is InChI=1S/C10H21N/c1-6(2)9-5-10(11)8(4)7(9)3/h6-10H,5,11H2,1-4H3. The van der Waals surface area contributed by atoms with E-state index in [9.17, 15) is 0 Å². The third-order valence-electron chi connectivity index (χ3n) is 3.58. The van der Waals surface area contributed by atoms with Gasteiger partial charge in [0.15, 0.2) is 0 Å². The molecule has 1 fully saturated rings. The van der Waals surface area contributed by atoms with Crippen LogP contribution in [0.25, 0.3) is 0 Å². The van der Waals surface area contributed by atoms with Crippen molar-refractivity contribution in [1.29, 1.82) is 0 Å². The van der Waals surface area contributed by atoms with Crippen LogP contribution in [0.1, 0.15) is 34.1 Å². The highest BCUT2D eigenvalue weighted by Crippen LogP contribution is 2.39. The van der Waals surface area contributed by atoms with Gasteiger partial charge in [-0.1, -0.05) is 27.7 Å². The second kappa shape index (κ2) is 3.14. The normalized spacial score (nSPS) is 45.3. The van der Waals surface area contributed by atoms with E-state index in [0.29, 0.717) is 6.04 Å². The molecule has 0 bridgehead atoms. The van der Waals surface area contributed by atoms with E-state index in [1.165, 1.54) is 6.42 Å². The Bertz CT molecular complexity index is 131. The molecule has 1 nitrogen and oxygen atoms in total. The zero-order valence-electron chi connectivity index (χ0n) is 8.17. The second-order valence-electron chi connectivity index (χ2n) is 4.53. The van der Waals surface area contributed by atoms with Crippen molar-refractivity contribution in [2.45, 2.75) is 40.2 Å². The Morgan fingerprint density at radius 1 is 1.18 bits per heavy atom. The topological polar surface area (TPSA) is 26.0 Å². The fraction of sp³-hybridized carbons (Fsp3) is 1.00. The van der Waals surface area contributed by atoms with Crippen LogP contribution in [0.5, 0.6) is 0 Å². The Morgan fingerprint density at radius 2 is 1.73 bits per heavy atom. The van der Waals surface area contributed by atoms with Gasteiger partial charge in [0.2, 0.25) is 0 Å². The summed E-state index contributed by atoms with van der Waals surface area (Å²) in [6.07, 6.45) is 1.24. The van der Waals surface area contributed by atoms with E-state index in [4.69, 9.17) is 5.73 Å². The Hall–Kier alpha value is -0.0400. The van der Waals surface area contributed by atoms with E-state index in [2.05, 4.69) is 27.7 Å². The predicted octanol–water partition coefficient (Wildman–Crippen LogP) is 2.26. The summed E-state index contributed by atoms with van der Waals surface area (Å²) in [5, 5.41) is 0. The van der Waals surface area contributed by atoms with Crippen LogP contribution in [-0.2, 0) is 0 Å². The van der Waals surface area contributed by atoms with Crippen LogP contribution >= 0.6 is 0 Å². The van der Waals surface area contributed by atoms with Crippen LogP contribution in [0.15, 0.2) is 0 Å². The highest BCUT2D eigenvalue weighted by Gasteiger charge is 2.36. The second-order valence-corrected chi connectivity index (χ2v) is 4.53. The third-order valence-corrected chi connectivity index (χ3v) is 3.58. The molecule has 1 aliphatic rings. The number of rotatable bonds is 1. The summed E-state index contributed by atoms with van der Waals surface area (Å²) < 4.78 is 0. The molecule has 4 unspecified atom stereocenters. The summed E-state index contributed by atoms with van der Waals surface area (Å²) in [7, 11) is 0. The van der Waals surface area contributed by atoms with Crippen LogP contribution < -0.4 is 5.73 Å². The van der Waals surface area contributed by atoms with E-state index in [1.54, 1.807) is 0 Å². The smallest absolute Gasteiger partial charge is 0.00700 e. The molecule has 0 saturated heterocycles. The lowest BCUT2D eigenvalue weighted by Crippen LogP contribution is -2.24. The summed E-state index contributed by atoms with van der Waals surface area (Å²) in [5.41, 5.74) is 6.00. The van der Waals surface area contributed by atoms with E-state index in [0.717, 1.165) is 23.7 Å². The van der Waals surface area contributed by atoms with Crippen molar-refractivity contribution >= 4 is 0 Å². The van der Waals surface area contributed by atoms with Gasteiger partial charge in [-0.25, -0.2) is 0 Å². The van der Waals surface area contributed by atoms with Gasteiger partial charge in [-0.05, 0) is 30.1 Å². The molecule has 66 valence electrons. The van der Waals surface area contributed by atoms with Crippen molar-refractivity contribution in [3.05, 3.63) is 0 Å². The van der Waals surface area contributed by atoms with Gasteiger partial charge in [0, 0.05) is 6.04 Å². The maximum atomic E-state index is 6.00. The summed E-state index contributed by atoms with van der Waals surface area (Å²) >= 11 is 0. The average molecular weight is 155 g/mol. The van der Waals surface area contributed by atoms with Crippen molar-refractivity contribution in [3.63, 3.8) is 0 Å². The monoisotopic (exact) mass is 155 g/mol. The molecule has 2 N–H and O–H groups in total. The molecule has 0 heterocycles. The van der Waals surface area contributed by atoms with Crippen LogP contribution in [0.4, 0.5) is 0 Å². The first-order chi connectivity index (χ1) is 5.04. The van der Waals surface area contributed by atoms with E-state index < -0.39 is 0 Å². The predicted molar refractivity (Wildman–Crippen MR) is 49.2 cm³/mol. The molecule has 1 aliphatic carbocycles. The lowest BCUT2D eigenvalue weighted by molar-refractivity contribution is 0.281. The van der Waals surface area contributed by atoms with Gasteiger partial charge in [0.25, 0.3) is 0 Å². The molecule has 4 atom stereocenters. The molecule has 0 aromatic heterocycles. The zero-order chi connectivity index (χ0) is 8.59. The molecule has 0 aromatic rings. The SMILES string of the molecule is CC(C)C1CC(N)C(C)C1C. The molecule has 0 spiro atoms. The van der Waals surface area contributed by atoms with Gasteiger partial charge in [0.05, 0.1) is 0 Å². The highest BCUT2D eigenvalue weighted by atomic mass is 14.7. The van der Waals surface area contributed by atoms with Crippen LogP contribution in [0.3, 0.4) is 0 Å². The molecule has 0 radical (unpaired) electrons. The van der Waals surface area contributed by atoms with Crippen LogP contribution in [-0.4, -0.2) is 6.04 Å². The third kappa shape index (κ3) is 1.58. The van der Waals surface area contributed by atoms with Gasteiger partial charge < -0.3 is 5.73 Å². The summed E-state index contributed by atoms with van der Waals surface area (Å²) in [5.74, 6) is 3.22. The maximum absolute atomic E-state index is 6.00. The Labute approximate surface area is 70.4 Å². The lowest BCUT2D eigenvalue weighted by Gasteiger charge is -2.21. The van der Waals surface area contributed by atoms with Crippen LogP contribution in [0, 0.1) is 23.7 Å². The highest BCUT2D eigenvalue weighted by molar-refractivity contribution is 4.89. The summed E-state index contributed by atoms with van der Waals surface area (Å²) in [6, 6.07) is 0.456.